The van der Waals surface area contributed by atoms with Crippen LogP contribution in [0.25, 0.3) is 0 Å². The van der Waals surface area contributed by atoms with Crippen molar-refractivity contribution < 1.29 is 0 Å². The van der Waals surface area contributed by atoms with E-state index in [0.717, 1.165) is 47.7 Å². The molecule has 0 fully saturated rings. The van der Waals surface area contributed by atoms with E-state index in [1.165, 1.54) is 0 Å². The molecule has 0 saturated heterocycles. The van der Waals surface area contributed by atoms with Gasteiger partial charge in [0.2, 0.25) is 0 Å². The van der Waals surface area contributed by atoms with Crippen LogP contribution in [0, 0.1) is 0 Å². The van der Waals surface area contributed by atoms with Crippen molar-refractivity contribution in [1.29, 1.82) is 0 Å². The summed E-state index contributed by atoms with van der Waals surface area (Å²) in [6.45, 7) is 9.02. The van der Waals surface area contributed by atoms with Gasteiger partial charge in [0.05, 0.1) is 11.0 Å². The molecular weight excluding hydrogens is 434 g/mol. The molecule has 0 aliphatic heterocycles. The second-order valence-corrected chi connectivity index (χ2v) is 7.55. The fourth-order valence-corrected chi connectivity index (χ4v) is 3.37. The van der Waals surface area contributed by atoms with Crippen LogP contribution in [0.2, 0.25) is 5.02 Å². The lowest BCUT2D eigenvalue weighted by Gasteiger charge is -2.18. The summed E-state index contributed by atoms with van der Waals surface area (Å²) in [4.78, 5) is 2.39. The molecule has 5 nitrogen and oxygen atoms in total. The number of nitrogens with zero attached hydrogens (tertiary/aromatic N) is 3. The summed E-state index contributed by atoms with van der Waals surface area (Å²) >= 11 is 15.1. The van der Waals surface area contributed by atoms with Crippen molar-refractivity contribution in [2.75, 3.05) is 31.5 Å². The molecule has 0 aliphatic rings. The average Bonchev–Trinajstić information content (AvgIpc) is 2.96. The third-order valence-electron chi connectivity index (χ3n) is 4.07. The number of aromatic nitrogens is 2. The highest BCUT2D eigenvalue weighted by Gasteiger charge is 2.09. The van der Waals surface area contributed by atoms with Crippen LogP contribution in [-0.4, -0.2) is 46.0 Å². The molecule has 2 aromatic rings. The monoisotopic (exact) mass is 457 g/mol. The maximum absolute atomic E-state index is 6.22. The highest BCUT2D eigenvalue weighted by molar-refractivity contribution is 9.10. The van der Waals surface area contributed by atoms with E-state index in [1.54, 1.807) is 0 Å². The molecule has 1 aromatic heterocycles. The van der Waals surface area contributed by atoms with E-state index in [1.807, 2.05) is 35.1 Å². The van der Waals surface area contributed by atoms with Gasteiger partial charge >= 0.3 is 0 Å². The Morgan fingerprint density at radius 2 is 2.04 bits per heavy atom. The molecule has 0 bridgehead atoms. The van der Waals surface area contributed by atoms with E-state index in [2.05, 4.69) is 50.4 Å². The first-order chi connectivity index (χ1) is 12.5. The second-order valence-electron chi connectivity index (χ2n) is 5.88. The normalized spacial score (nSPS) is 11.0. The molecule has 8 heteroatoms. The zero-order chi connectivity index (χ0) is 18.9. The molecule has 26 heavy (non-hydrogen) atoms. The van der Waals surface area contributed by atoms with Crippen molar-refractivity contribution in [3.8, 4) is 0 Å². The fraction of sp³-hybridized carbons (Fsp3) is 0.444. The topological polar surface area (TPSA) is 45.1 Å². The molecule has 2 N–H and O–H groups in total. The van der Waals surface area contributed by atoms with Crippen LogP contribution in [0.1, 0.15) is 25.8 Å². The molecule has 0 atom stereocenters. The van der Waals surface area contributed by atoms with E-state index in [0.29, 0.717) is 17.5 Å². The van der Waals surface area contributed by atoms with Gasteiger partial charge in [-0.1, -0.05) is 43.6 Å². The Hall–Kier alpha value is -1.15. The highest BCUT2D eigenvalue weighted by Crippen LogP contribution is 2.22. The minimum absolute atomic E-state index is 0.577. The lowest BCUT2D eigenvalue weighted by Crippen LogP contribution is -2.32. The molecule has 2 rings (SSSR count). The molecule has 142 valence electrons. The third-order valence-corrected chi connectivity index (χ3v) is 5.27. The molecule has 0 spiro atoms. The van der Waals surface area contributed by atoms with Gasteiger partial charge in [-0.05, 0) is 65.8 Å². The van der Waals surface area contributed by atoms with Crippen LogP contribution >= 0.6 is 39.7 Å². The van der Waals surface area contributed by atoms with Crippen LogP contribution in [0.5, 0.6) is 0 Å². The zero-order valence-corrected chi connectivity index (χ0v) is 18.3. The van der Waals surface area contributed by atoms with E-state index in [-0.39, 0.29) is 0 Å². The summed E-state index contributed by atoms with van der Waals surface area (Å²) in [6.07, 6.45) is 2.96. The quantitative estimate of drug-likeness (QED) is 0.432. The number of thiocarbonyl (C=S) groups is 1. The first kappa shape index (κ1) is 21.2. The minimum Gasteiger partial charge on any atom is -0.362 e. The summed E-state index contributed by atoms with van der Waals surface area (Å²) in [5, 5.41) is 12.2. The van der Waals surface area contributed by atoms with E-state index in [9.17, 15) is 0 Å². The maximum Gasteiger partial charge on any atom is 0.172 e. The predicted molar refractivity (Wildman–Crippen MR) is 117 cm³/mol. The largest absolute Gasteiger partial charge is 0.362 e. The fourth-order valence-electron chi connectivity index (χ4n) is 2.56. The van der Waals surface area contributed by atoms with E-state index < -0.39 is 0 Å². The predicted octanol–water partition coefficient (Wildman–Crippen LogP) is 4.37. The van der Waals surface area contributed by atoms with Gasteiger partial charge in [0.15, 0.2) is 10.9 Å². The van der Waals surface area contributed by atoms with Gasteiger partial charge in [-0.15, -0.1) is 0 Å². The number of hydrogen-bond donors (Lipinski definition) is 2. The van der Waals surface area contributed by atoms with Crippen LogP contribution in [0.4, 0.5) is 5.82 Å². The van der Waals surface area contributed by atoms with Crippen LogP contribution in [0.15, 0.2) is 34.9 Å². The number of nitrogens with one attached hydrogen (secondary N) is 2. The summed E-state index contributed by atoms with van der Waals surface area (Å²) in [5.41, 5.74) is 1.02. The van der Waals surface area contributed by atoms with Gasteiger partial charge in [-0.3, -0.25) is 4.68 Å². The standard InChI is InChI=1S/C18H25BrClN5S/c1-3-24(4-2)11-7-10-21-18(26)22-17-15(19)13-25(23-17)12-14-8-5-6-9-16(14)20/h5-6,8-9,13H,3-4,7,10-12H2,1-2H3,(H2,21,22,23,26). The summed E-state index contributed by atoms with van der Waals surface area (Å²) in [7, 11) is 0. The Labute approximate surface area is 174 Å². The summed E-state index contributed by atoms with van der Waals surface area (Å²) in [6, 6.07) is 7.76. The van der Waals surface area contributed by atoms with Crippen molar-refractivity contribution in [3.63, 3.8) is 0 Å². The van der Waals surface area contributed by atoms with Crippen LogP contribution in [-0.2, 0) is 6.54 Å². The Kier molecular flexibility index (Phi) is 8.84. The Bertz CT molecular complexity index is 717. The van der Waals surface area contributed by atoms with Crippen LogP contribution < -0.4 is 10.6 Å². The first-order valence-electron chi connectivity index (χ1n) is 8.77. The van der Waals surface area contributed by atoms with Gasteiger partial charge < -0.3 is 15.5 Å². The first-order valence-corrected chi connectivity index (χ1v) is 10.3. The van der Waals surface area contributed by atoms with Crippen molar-refractivity contribution in [2.24, 2.45) is 0 Å². The maximum atomic E-state index is 6.22. The summed E-state index contributed by atoms with van der Waals surface area (Å²) < 4.78 is 2.69. The Morgan fingerprint density at radius 1 is 1.31 bits per heavy atom. The average molecular weight is 459 g/mol. The van der Waals surface area contributed by atoms with E-state index >= 15 is 0 Å². The highest BCUT2D eigenvalue weighted by atomic mass is 79.9. The SMILES string of the molecule is CCN(CC)CCCNC(=S)Nc1nn(Cc2ccccc2Cl)cc1Br. The van der Waals surface area contributed by atoms with Gasteiger partial charge in [0.25, 0.3) is 0 Å². The molecule has 0 unspecified atom stereocenters. The Balaban J connectivity index is 1.83. The zero-order valence-electron chi connectivity index (χ0n) is 15.1. The minimum atomic E-state index is 0.577. The lowest BCUT2D eigenvalue weighted by atomic mass is 10.2. The molecule has 0 amide bonds. The number of halogens is 2. The molecule has 0 aliphatic carbocycles. The molecule has 1 heterocycles. The molecule has 0 saturated carbocycles. The smallest absolute Gasteiger partial charge is 0.172 e. The molecule has 1 aromatic carbocycles. The van der Waals surface area contributed by atoms with Gasteiger partial charge in [0.1, 0.15) is 0 Å². The van der Waals surface area contributed by atoms with Crippen molar-refractivity contribution in [3.05, 3.63) is 45.5 Å². The van der Waals surface area contributed by atoms with Crippen molar-refractivity contribution >= 4 is 50.7 Å². The summed E-state index contributed by atoms with van der Waals surface area (Å²) in [5.74, 6) is 0.693. The van der Waals surface area contributed by atoms with Crippen molar-refractivity contribution in [1.82, 2.24) is 20.0 Å². The number of rotatable bonds is 9. The number of hydrogen-bond acceptors (Lipinski definition) is 3. The second kappa shape index (κ2) is 10.9. The van der Waals surface area contributed by atoms with Gasteiger partial charge in [-0.2, -0.15) is 5.10 Å². The third kappa shape index (κ3) is 6.54. The van der Waals surface area contributed by atoms with Gasteiger partial charge in [0, 0.05) is 17.8 Å². The lowest BCUT2D eigenvalue weighted by molar-refractivity contribution is 0.300. The molecular formula is C18H25BrClN5S. The van der Waals surface area contributed by atoms with Crippen molar-refractivity contribution in [2.45, 2.75) is 26.8 Å². The Morgan fingerprint density at radius 3 is 2.73 bits per heavy atom. The number of anilines is 1. The van der Waals surface area contributed by atoms with Crippen LogP contribution in [0.3, 0.4) is 0 Å². The van der Waals surface area contributed by atoms with Gasteiger partial charge in [-0.25, -0.2) is 0 Å². The molecule has 0 radical (unpaired) electrons. The number of benzene rings is 1. The van der Waals surface area contributed by atoms with E-state index in [4.69, 9.17) is 23.8 Å².